The second kappa shape index (κ2) is 4.69. The summed E-state index contributed by atoms with van der Waals surface area (Å²) in [6.07, 6.45) is 4.37. The van der Waals surface area contributed by atoms with Crippen LogP contribution in [0, 0.1) is 10.1 Å². The van der Waals surface area contributed by atoms with Gasteiger partial charge in [0.25, 0.3) is 0 Å². The zero-order chi connectivity index (χ0) is 10.6. The molecule has 0 aliphatic rings. The number of hydrogen-bond acceptors (Lipinski definition) is 4. The van der Waals surface area contributed by atoms with Gasteiger partial charge in [0.2, 0.25) is 5.15 Å². The Morgan fingerprint density at radius 3 is 3.00 bits per heavy atom. The summed E-state index contributed by atoms with van der Waals surface area (Å²) < 4.78 is 0. The SMILES string of the molecule is O=[N+]([O-])c1cc(C=CCO)cnc1Cl. The smallest absolute Gasteiger partial charge is 0.307 e. The van der Waals surface area contributed by atoms with E-state index < -0.39 is 4.92 Å². The molecule has 14 heavy (non-hydrogen) atoms. The average molecular weight is 215 g/mol. The molecule has 1 aromatic heterocycles. The van der Waals surface area contributed by atoms with E-state index in [4.69, 9.17) is 16.7 Å². The Kier molecular flexibility index (Phi) is 3.55. The number of pyridine rings is 1. The van der Waals surface area contributed by atoms with Gasteiger partial charge in [0.1, 0.15) is 0 Å². The summed E-state index contributed by atoms with van der Waals surface area (Å²) in [6, 6.07) is 1.29. The van der Waals surface area contributed by atoms with Crippen LogP contribution in [0.15, 0.2) is 18.3 Å². The molecule has 0 spiro atoms. The van der Waals surface area contributed by atoms with E-state index >= 15 is 0 Å². The van der Waals surface area contributed by atoms with Gasteiger partial charge in [0.15, 0.2) is 0 Å². The fraction of sp³-hybridized carbons (Fsp3) is 0.125. The standard InChI is InChI=1S/C8H7ClN2O3/c9-8-7(11(13)14)4-6(5-10-8)2-1-3-12/h1-2,4-5,12H,3H2. The lowest BCUT2D eigenvalue weighted by Crippen LogP contribution is -1.92. The van der Waals surface area contributed by atoms with Crippen LogP contribution in [0.2, 0.25) is 5.15 Å². The molecular formula is C8H7ClN2O3. The van der Waals surface area contributed by atoms with Crippen LogP contribution in [0.4, 0.5) is 5.69 Å². The highest BCUT2D eigenvalue weighted by Gasteiger charge is 2.12. The lowest BCUT2D eigenvalue weighted by atomic mass is 10.2. The molecule has 0 fully saturated rings. The number of nitrogens with zero attached hydrogens (tertiary/aromatic N) is 2. The molecule has 1 N–H and O–H groups in total. The van der Waals surface area contributed by atoms with Crippen molar-refractivity contribution < 1.29 is 10.0 Å². The number of rotatable bonds is 3. The topological polar surface area (TPSA) is 76.3 Å². The Morgan fingerprint density at radius 2 is 2.43 bits per heavy atom. The van der Waals surface area contributed by atoms with Crippen LogP contribution in [0.25, 0.3) is 6.08 Å². The molecular weight excluding hydrogens is 208 g/mol. The third-order valence-corrected chi connectivity index (χ3v) is 1.75. The van der Waals surface area contributed by atoms with Crippen molar-refractivity contribution in [2.75, 3.05) is 6.61 Å². The maximum Gasteiger partial charge on any atom is 0.307 e. The second-order valence-electron chi connectivity index (χ2n) is 2.42. The zero-order valence-electron chi connectivity index (χ0n) is 7.05. The minimum Gasteiger partial charge on any atom is -0.392 e. The molecule has 0 aromatic carbocycles. The summed E-state index contributed by atoms with van der Waals surface area (Å²) in [7, 11) is 0. The number of nitro groups is 1. The van der Waals surface area contributed by atoms with Crippen molar-refractivity contribution in [1.29, 1.82) is 0 Å². The molecule has 1 heterocycles. The van der Waals surface area contributed by atoms with Crippen LogP contribution in [-0.4, -0.2) is 21.6 Å². The van der Waals surface area contributed by atoms with Crippen molar-refractivity contribution >= 4 is 23.4 Å². The summed E-state index contributed by atoms with van der Waals surface area (Å²) >= 11 is 5.50. The molecule has 0 saturated heterocycles. The van der Waals surface area contributed by atoms with Gasteiger partial charge in [-0.25, -0.2) is 4.98 Å². The van der Waals surface area contributed by atoms with E-state index in [1.54, 1.807) is 0 Å². The minimum atomic E-state index is -0.606. The van der Waals surface area contributed by atoms with E-state index in [2.05, 4.69) is 4.98 Å². The van der Waals surface area contributed by atoms with Gasteiger partial charge in [-0.05, 0) is 5.56 Å². The highest BCUT2D eigenvalue weighted by molar-refractivity contribution is 6.31. The number of aliphatic hydroxyl groups excluding tert-OH is 1. The molecule has 0 aliphatic heterocycles. The Balaban J connectivity index is 3.06. The van der Waals surface area contributed by atoms with Crippen LogP contribution >= 0.6 is 11.6 Å². The molecule has 1 rings (SSSR count). The summed E-state index contributed by atoms with van der Waals surface area (Å²) in [6.45, 7) is -0.129. The van der Waals surface area contributed by atoms with Crippen molar-refractivity contribution in [2.45, 2.75) is 0 Å². The van der Waals surface area contributed by atoms with Crippen molar-refractivity contribution in [3.05, 3.63) is 39.2 Å². The first-order chi connectivity index (χ1) is 6.65. The van der Waals surface area contributed by atoms with E-state index in [0.29, 0.717) is 5.56 Å². The lowest BCUT2D eigenvalue weighted by molar-refractivity contribution is -0.385. The summed E-state index contributed by atoms with van der Waals surface area (Å²) in [5.41, 5.74) is 0.280. The van der Waals surface area contributed by atoms with E-state index in [1.165, 1.54) is 24.4 Å². The van der Waals surface area contributed by atoms with Crippen LogP contribution in [-0.2, 0) is 0 Å². The number of hydrogen-bond donors (Lipinski definition) is 1. The second-order valence-corrected chi connectivity index (χ2v) is 2.78. The van der Waals surface area contributed by atoms with Crippen molar-refractivity contribution in [3.8, 4) is 0 Å². The Bertz CT molecular complexity index is 379. The predicted octanol–water partition coefficient (Wildman–Crippen LogP) is 1.65. The van der Waals surface area contributed by atoms with Gasteiger partial charge in [-0.2, -0.15) is 0 Å². The Labute approximate surface area is 84.8 Å². The quantitative estimate of drug-likeness (QED) is 0.472. The van der Waals surface area contributed by atoms with Crippen molar-refractivity contribution in [3.63, 3.8) is 0 Å². The molecule has 0 saturated carbocycles. The number of aliphatic hydroxyl groups is 1. The van der Waals surface area contributed by atoms with Gasteiger partial charge in [0, 0.05) is 12.3 Å². The summed E-state index contributed by atoms with van der Waals surface area (Å²) in [5, 5.41) is 18.8. The van der Waals surface area contributed by atoms with Crippen molar-refractivity contribution in [1.82, 2.24) is 4.98 Å². The molecule has 0 radical (unpaired) electrons. The maximum atomic E-state index is 10.5. The van der Waals surface area contributed by atoms with Crippen LogP contribution in [0.5, 0.6) is 0 Å². The monoisotopic (exact) mass is 214 g/mol. The highest BCUT2D eigenvalue weighted by Crippen LogP contribution is 2.22. The lowest BCUT2D eigenvalue weighted by Gasteiger charge is -1.95. The van der Waals surface area contributed by atoms with E-state index in [9.17, 15) is 10.1 Å². The fourth-order valence-corrected chi connectivity index (χ4v) is 1.03. The molecule has 6 heteroatoms. The average Bonchev–Trinajstić information content (AvgIpc) is 2.16. The predicted molar refractivity (Wildman–Crippen MR) is 52.0 cm³/mol. The van der Waals surface area contributed by atoms with Gasteiger partial charge >= 0.3 is 5.69 Å². The summed E-state index contributed by atoms with van der Waals surface area (Å²) in [4.78, 5) is 13.5. The van der Waals surface area contributed by atoms with Crippen LogP contribution in [0.3, 0.4) is 0 Å². The third kappa shape index (κ3) is 2.51. The minimum absolute atomic E-state index is 0.129. The highest BCUT2D eigenvalue weighted by atomic mass is 35.5. The van der Waals surface area contributed by atoms with Gasteiger partial charge < -0.3 is 5.11 Å². The summed E-state index contributed by atoms with van der Waals surface area (Å²) in [5.74, 6) is 0. The normalized spacial score (nSPS) is 10.7. The van der Waals surface area contributed by atoms with Crippen LogP contribution in [0.1, 0.15) is 5.56 Å². The first-order valence-corrected chi connectivity index (χ1v) is 4.10. The van der Waals surface area contributed by atoms with E-state index in [0.717, 1.165) is 0 Å². The first-order valence-electron chi connectivity index (χ1n) is 3.72. The number of halogens is 1. The molecule has 1 aromatic rings. The van der Waals surface area contributed by atoms with Gasteiger partial charge in [-0.3, -0.25) is 10.1 Å². The molecule has 74 valence electrons. The van der Waals surface area contributed by atoms with Gasteiger partial charge in [-0.1, -0.05) is 23.8 Å². The third-order valence-electron chi connectivity index (χ3n) is 1.45. The molecule has 0 aliphatic carbocycles. The van der Waals surface area contributed by atoms with Crippen LogP contribution < -0.4 is 0 Å². The molecule has 0 unspecified atom stereocenters. The van der Waals surface area contributed by atoms with Gasteiger partial charge in [-0.15, -0.1) is 0 Å². The largest absolute Gasteiger partial charge is 0.392 e. The van der Waals surface area contributed by atoms with Crippen molar-refractivity contribution in [2.24, 2.45) is 0 Å². The first kappa shape index (κ1) is 10.6. The van der Waals surface area contributed by atoms with E-state index in [1.807, 2.05) is 0 Å². The van der Waals surface area contributed by atoms with E-state index in [-0.39, 0.29) is 17.4 Å². The Morgan fingerprint density at radius 1 is 1.71 bits per heavy atom. The molecule has 0 atom stereocenters. The fourth-order valence-electron chi connectivity index (χ4n) is 0.860. The maximum absolute atomic E-state index is 10.5. The Hall–Kier alpha value is -1.46. The zero-order valence-corrected chi connectivity index (χ0v) is 7.81. The number of aromatic nitrogens is 1. The van der Waals surface area contributed by atoms with Gasteiger partial charge in [0.05, 0.1) is 11.5 Å². The molecule has 0 amide bonds. The molecule has 5 nitrogen and oxygen atoms in total. The molecule has 0 bridgehead atoms.